The van der Waals surface area contributed by atoms with Crippen LogP contribution in [-0.4, -0.2) is 41.4 Å². The first kappa shape index (κ1) is 25.2. The van der Waals surface area contributed by atoms with Gasteiger partial charge in [0, 0.05) is 48.6 Å². The number of carbonyl (C=O) groups is 1. The first-order valence-corrected chi connectivity index (χ1v) is 14.2. The van der Waals surface area contributed by atoms with Gasteiger partial charge >= 0.3 is 0 Å². The number of halogens is 1. The normalized spacial score (nSPS) is 21.1. The van der Waals surface area contributed by atoms with Gasteiger partial charge in [0.1, 0.15) is 5.82 Å². The van der Waals surface area contributed by atoms with Crippen molar-refractivity contribution in [3.05, 3.63) is 92.9 Å². The molecule has 1 aliphatic carbocycles. The summed E-state index contributed by atoms with van der Waals surface area (Å²) in [6.07, 6.45) is 5.72. The highest BCUT2D eigenvalue weighted by atomic mass is 32.1. The predicted octanol–water partition coefficient (Wildman–Crippen LogP) is 7.19. The van der Waals surface area contributed by atoms with Crippen molar-refractivity contribution >= 4 is 17.2 Å². The second-order valence-electron chi connectivity index (χ2n) is 10.7. The van der Waals surface area contributed by atoms with E-state index in [1.807, 2.05) is 11.3 Å². The number of thiophene rings is 1. The van der Waals surface area contributed by atoms with Crippen molar-refractivity contribution in [3.8, 4) is 0 Å². The number of hydrogen-bond acceptors (Lipinski definition) is 3. The average molecular weight is 505 g/mol. The molecule has 2 fully saturated rings. The standard InChI is InChI=1S/C31H37FN2OS/c1-22-8-6-7-11-28(22)29-20-33(21-30-23(2)16-17-36-30)18-25(29)19-34(27-9-4-3-5-10-27)31(35)24-12-14-26(32)15-13-24/h6-8,11-17,25,27,29H,3-5,9-10,18-21H2,1-2H3/t25-,29-/m1/s1. The van der Waals surface area contributed by atoms with Gasteiger partial charge in [-0.2, -0.15) is 0 Å². The van der Waals surface area contributed by atoms with Crippen LogP contribution in [0.5, 0.6) is 0 Å². The minimum Gasteiger partial charge on any atom is -0.335 e. The van der Waals surface area contributed by atoms with E-state index in [2.05, 4.69) is 59.4 Å². The Morgan fingerprint density at radius 3 is 2.42 bits per heavy atom. The van der Waals surface area contributed by atoms with Crippen LogP contribution in [0.1, 0.15) is 69.9 Å². The van der Waals surface area contributed by atoms with Gasteiger partial charge in [0.05, 0.1) is 0 Å². The van der Waals surface area contributed by atoms with Gasteiger partial charge in [-0.15, -0.1) is 11.3 Å². The van der Waals surface area contributed by atoms with Crippen LogP contribution in [0.4, 0.5) is 4.39 Å². The van der Waals surface area contributed by atoms with Crippen molar-refractivity contribution in [2.75, 3.05) is 19.6 Å². The van der Waals surface area contributed by atoms with Crippen LogP contribution in [0.3, 0.4) is 0 Å². The number of aryl methyl sites for hydroxylation is 2. The highest BCUT2D eigenvalue weighted by molar-refractivity contribution is 7.10. The van der Waals surface area contributed by atoms with Crippen LogP contribution in [-0.2, 0) is 6.54 Å². The Kier molecular flexibility index (Phi) is 7.87. The molecule has 36 heavy (non-hydrogen) atoms. The van der Waals surface area contributed by atoms with Crippen LogP contribution in [0.15, 0.2) is 60.0 Å². The highest BCUT2D eigenvalue weighted by Gasteiger charge is 2.38. The summed E-state index contributed by atoms with van der Waals surface area (Å²) in [4.78, 5) is 20.0. The molecule has 1 aliphatic heterocycles. The number of hydrogen-bond donors (Lipinski definition) is 0. The lowest BCUT2D eigenvalue weighted by atomic mass is 9.85. The van der Waals surface area contributed by atoms with E-state index in [-0.39, 0.29) is 17.8 Å². The summed E-state index contributed by atoms with van der Waals surface area (Å²) in [7, 11) is 0. The maximum absolute atomic E-state index is 13.8. The Bertz CT molecular complexity index is 1170. The molecule has 3 aromatic rings. The van der Waals surface area contributed by atoms with Crippen molar-refractivity contribution in [3.63, 3.8) is 0 Å². The molecule has 190 valence electrons. The predicted molar refractivity (Wildman–Crippen MR) is 146 cm³/mol. The number of likely N-dealkylation sites (tertiary alicyclic amines) is 1. The molecule has 1 saturated carbocycles. The van der Waals surface area contributed by atoms with Crippen LogP contribution >= 0.6 is 11.3 Å². The van der Waals surface area contributed by atoms with Crippen molar-refractivity contribution < 1.29 is 9.18 Å². The molecule has 0 bridgehead atoms. The topological polar surface area (TPSA) is 23.6 Å². The molecule has 2 atom stereocenters. The molecule has 1 amide bonds. The minimum absolute atomic E-state index is 0.0537. The van der Waals surface area contributed by atoms with E-state index in [1.54, 1.807) is 12.1 Å². The third kappa shape index (κ3) is 5.57. The zero-order valence-corrected chi connectivity index (χ0v) is 22.3. The summed E-state index contributed by atoms with van der Waals surface area (Å²) in [6.45, 7) is 8.12. The van der Waals surface area contributed by atoms with Gasteiger partial charge in [0.15, 0.2) is 0 Å². The summed E-state index contributed by atoms with van der Waals surface area (Å²) in [6, 6.07) is 17.3. The SMILES string of the molecule is Cc1ccccc1[C@@H]1CN(Cc2sccc2C)C[C@@H]1CN(C(=O)c1ccc(F)cc1)C1CCCCC1. The molecule has 0 N–H and O–H groups in total. The fourth-order valence-electron chi connectivity index (χ4n) is 6.20. The van der Waals surface area contributed by atoms with E-state index in [1.165, 1.54) is 53.0 Å². The maximum atomic E-state index is 13.8. The van der Waals surface area contributed by atoms with E-state index in [0.29, 0.717) is 17.4 Å². The summed E-state index contributed by atoms with van der Waals surface area (Å²) in [5.41, 5.74) is 4.70. The highest BCUT2D eigenvalue weighted by Crippen LogP contribution is 2.38. The van der Waals surface area contributed by atoms with E-state index in [9.17, 15) is 9.18 Å². The lowest BCUT2D eigenvalue weighted by Gasteiger charge is -2.37. The second kappa shape index (κ2) is 11.3. The first-order valence-electron chi connectivity index (χ1n) is 13.4. The van der Waals surface area contributed by atoms with E-state index in [0.717, 1.165) is 39.0 Å². The summed E-state index contributed by atoms with van der Waals surface area (Å²) >= 11 is 1.84. The van der Waals surface area contributed by atoms with Gasteiger partial charge in [-0.1, -0.05) is 43.5 Å². The molecular formula is C31H37FN2OS. The van der Waals surface area contributed by atoms with Crippen LogP contribution in [0.25, 0.3) is 0 Å². The lowest BCUT2D eigenvalue weighted by Crippen LogP contribution is -2.45. The molecule has 3 nitrogen and oxygen atoms in total. The molecule has 2 heterocycles. The zero-order valence-electron chi connectivity index (χ0n) is 21.5. The van der Waals surface area contributed by atoms with Gasteiger partial charge < -0.3 is 4.90 Å². The Morgan fingerprint density at radius 2 is 1.72 bits per heavy atom. The van der Waals surface area contributed by atoms with E-state index >= 15 is 0 Å². The number of benzene rings is 2. The summed E-state index contributed by atoms with van der Waals surface area (Å²) < 4.78 is 13.6. The first-order chi connectivity index (χ1) is 17.5. The quantitative estimate of drug-likeness (QED) is 0.340. The van der Waals surface area contributed by atoms with Gasteiger partial charge in [-0.25, -0.2) is 4.39 Å². The third-order valence-corrected chi connectivity index (χ3v) is 9.25. The molecule has 5 heteroatoms. The molecular weight excluding hydrogens is 467 g/mol. The Hall–Kier alpha value is -2.50. The monoisotopic (exact) mass is 504 g/mol. The summed E-state index contributed by atoms with van der Waals surface area (Å²) in [5.74, 6) is 0.500. The Labute approximate surface area is 218 Å². The molecule has 1 saturated heterocycles. The number of rotatable bonds is 7. The molecule has 0 unspecified atom stereocenters. The fraction of sp³-hybridized carbons (Fsp3) is 0.452. The van der Waals surface area contributed by atoms with Gasteiger partial charge in [0.2, 0.25) is 0 Å². The smallest absolute Gasteiger partial charge is 0.254 e. The van der Waals surface area contributed by atoms with Crippen molar-refractivity contribution in [1.82, 2.24) is 9.80 Å². The minimum atomic E-state index is -0.300. The molecule has 5 rings (SSSR count). The second-order valence-corrected chi connectivity index (χ2v) is 11.7. The van der Waals surface area contributed by atoms with E-state index in [4.69, 9.17) is 0 Å². The third-order valence-electron chi connectivity index (χ3n) is 8.24. The van der Waals surface area contributed by atoms with Gasteiger partial charge in [-0.05, 0) is 85.0 Å². The molecule has 2 aliphatic rings. The molecule has 1 aromatic heterocycles. The number of nitrogens with zero attached hydrogens (tertiary/aromatic N) is 2. The van der Waals surface area contributed by atoms with E-state index < -0.39 is 0 Å². The number of amides is 1. The Morgan fingerprint density at radius 1 is 0.972 bits per heavy atom. The number of carbonyl (C=O) groups excluding carboxylic acids is 1. The van der Waals surface area contributed by atoms with Crippen LogP contribution in [0.2, 0.25) is 0 Å². The largest absolute Gasteiger partial charge is 0.335 e. The maximum Gasteiger partial charge on any atom is 0.254 e. The van der Waals surface area contributed by atoms with Crippen molar-refractivity contribution in [2.24, 2.45) is 5.92 Å². The lowest BCUT2D eigenvalue weighted by molar-refractivity contribution is 0.0588. The van der Waals surface area contributed by atoms with Crippen LogP contribution < -0.4 is 0 Å². The average Bonchev–Trinajstić information content (AvgIpc) is 3.49. The van der Waals surface area contributed by atoms with Gasteiger partial charge in [0.25, 0.3) is 5.91 Å². The van der Waals surface area contributed by atoms with Crippen molar-refractivity contribution in [2.45, 2.75) is 64.5 Å². The Balaban J connectivity index is 1.43. The molecule has 0 radical (unpaired) electrons. The summed E-state index contributed by atoms with van der Waals surface area (Å²) in [5, 5.41) is 2.18. The molecule has 0 spiro atoms. The zero-order chi connectivity index (χ0) is 25.1. The van der Waals surface area contributed by atoms with Gasteiger partial charge in [-0.3, -0.25) is 9.69 Å². The van der Waals surface area contributed by atoms with Crippen molar-refractivity contribution in [1.29, 1.82) is 0 Å². The molecule has 2 aromatic carbocycles. The fourth-order valence-corrected chi connectivity index (χ4v) is 7.15. The van der Waals surface area contributed by atoms with Crippen LogP contribution in [0, 0.1) is 25.6 Å².